The third-order valence-corrected chi connectivity index (χ3v) is 2.61. The molecular formula is C12H6BF3O2. The largest absolute Gasteiger partial charge is 0.635 e. The molecule has 0 amide bonds. The monoisotopic (exact) mass is 250 g/mol. The Bertz CT molecular complexity index is 593. The zero-order chi connectivity index (χ0) is 12.7. The van der Waals surface area contributed by atoms with Crippen LogP contribution in [0.2, 0.25) is 0 Å². The standard InChI is InChI=1S/C12H6BF3O2/c14-8-6-10(16)9(15)5-7(8)13-17-11-3-1-2-4-12(11)18-13/h1-6H. The van der Waals surface area contributed by atoms with Crippen molar-refractivity contribution in [1.29, 1.82) is 0 Å². The number of rotatable bonds is 1. The first-order valence-electron chi connectivity index (χ1n) is 5.22. The lowest BCUT2D eigenvalue weighted by Crippen LogP contribution is -2.41. The molecule has 0 atom stereocenters. The molecule has 6 heteroatoms. The van der Waals surface area contributed by atoms with Gasteiger partial charge in [-0.15, -0.1) is 0 Å². The van der Waals surface area contributed by atoms with Gasteiger partial charge in [-0.3, -0.25) is 0 Å². The van der Waals surface area contributed by atoms with E-state index in [1.807, 2.05) is 0 Å². The fourth-order valence-electron chi connectivity index (χ4n) is 1.75. The summed E-state index contributed by atoms with van der Waals surface area (Å²) < 4.78 is 50.1. The highest BCUT2D eigenvalue weighted by atomic mass is 19.2. The molecule has 0 saturated carbocycles. The minimum Gasteiger partial charge on any atom is -0.519 e. The molecule has 0 aliphatic carbocycles. The SMILES string of the molecule is Fc1cc(F)c(B2Oc3ccccc3O2)cc1F. The second-order valence-corrected chi connectivity index (χ2v) is 3.80. The first-order chi connectivity index (χ1) is 8.65. The molecule has 2 aromatic rings. The summed E-state index contributed by atoms with van der Waals surface area (Å²) in [7, 11) is -1.10. The summed E-state index contributed by atoms with van der Waals surface area (Å²) >= 11 is 0. The summed E-state index contributed by atoms with van der Waals surface area (Å²) in [5.74, 6) is -2.42. The van der Waals surface area contributed by atoms with E-state index in [2.05, 4.69) is 0 Å². The number of hydrogen-bond acceptors (Lipinski definition) is 2. The smallest absolute Gasteiger partial charge is 0.519 e. The molecule has 0 bridgehead atoms. The van der Waals surface area contributed by atoms with Crippen molar-refractivity contribution in [1.82, 2.24) is 0 Å². The Labute approximate surface area is 101 Å². The normalized spacial score (nSPS) is 12.9. The van der Waals surface area contributed by atoms with Gasteiger partial charge in [-0.05, 0) is 18.2 Å². The molecular weight excluding hydrogens is 244 g/mol. The molecule has 0 unspecified atom stereocenters. The molecule has 2 aromatic carbocycles. The van der Waals surface area contributed by atoms with E-state index in [9.17, 15) is 13.2 Å². The summed E-state index contributed by atoms with van der Waals surface area (Å²) in [5, 5.41) is 0. The molecule has 1 aliphatic rings. The van der Waals surface area contributed by atoms with E-state index in [1.165, 1.54) is 0 Å². The van der Waals surface area contributed by atoms with Gasteiger partial charge in [-0.2, -0.15) is 0 Å². The van der Waals surface area contributed by atoms with Crippen LogP contribution >= 0.6 is 0 Å². The van der Waals surface area contributed by atoms with Crippen molar-refractivity contribution >= 4 is 12.6 Å². The number of benzene rings is 2. The molecule has 2 nitrogen and oxygen atoms in total. The molecule has 1 aliphatic heterocycles. The highest BCUT2D eigenvalue weighted by molar-refractivity contribution is 6.63. The van der Waals surface area contributed by atoms with Crippen molar-refractivity contribution in [2.75, 3.05) is 0 Å². The molecule has 0 aromatic heterocycles. The van der Waals surface area contributed by atoms with Crippen molar-refractivity contribution < 1.29 is 22.5 Å². The number of para-hydroxylation sites is 2. The minimum absolute atomic E-state index is 0.176. The third-order valence-electron chi connectivity index (χ3n) is 2.61. The summed E-state index contributed by atoms with van der Waals surface area (Å²) in [4.78, 5) is 0. The van der Waals surface area contributed by atoms with Crippen LogP contribution in [0.4, 0.5) is 13.2 Å². The van der Waals surface area contributed by atoms with E-state index in [0.717, 1.165) is 6.07 Å². The van der Waals surface area contributed by atoms with Crippen LogP contribution in [0.25, 0.3) is 0 Å². The Morgan fingerprint density at radius 3 is 1.94 bits per heavy atom. The van der Waals surface area contributed by atoms with Crippen LogP contribution in [0.1, 0.15) is 0 Å². The molecule has 0 saturated heterocycles. The van der Waals surface area contributed by atoms with E-state index < -0.39 is 24.6 Å². The van der Waals surface area contributed by atoms with Crippen LogP contribution < -0.4 is 14.8 Å². The Balaban J connectivity index is 1.97. The van der Waals surface area contributed by atoms with Crippen LogP contribution in [0.5, 0.6) is 11.5 Å². The van der Waals surface area contributed by atoms with Gasteiger partial charge in [-0.1, -0.05) is 12.1 Å². The molecule has 0 N–H and O–H groups in total. The van der Waals surface area contributed by atoms with Gasteiger partial charge in [-0.25, -0.2) is 13.2 Å². The van der Waals surface area contributed by atoms with E-state index in [0.29, 0.717) is 17.6 Å². The molecule has 3 rings (SSSR count). The fourth-order valence-corrected chi connectivity index (χ4v) is 1.75. The van der Waals surface area contributed by atoms with Gasteiger partial charge >= 0.3 is 7.12 Å². The van der Waals surface area contributed by atoms with Gasteiger partial charge in [0.25, 0.3) is 0 Å². The highest BCUT2D eigenvalue weighted by Crippen LogP contribution is 2.32. The maximum Gasteiger partial charge on any atom is 0.635 e. The first-order valence-corrected chi connectivity index (χ1v) is 5.22. The van der Waals surface area contributed by atoms with Gasteiger partial charge in [0.1, 0.15) is 17.3 Å². The van der Waals surface area contributed by atoms with E-state index in [4.69, 9.17) is 9.31 Å². The van der Waals surface area contributed by atoms with Gasteiger partial charge in [0.15, 0.2) is 11.6 Å². The lowest BCUT2D eigenvalue weighted by molar-refractivity contribution is 0.488. The minimum atomic E-state index is -1.24. The molecule has 0 radical (unpaired) electrons. The number of halogens is 3. The predicted molar refractivity (Wildman–Crippen MR) is 59.4 cm³/mol. The predicted octanol–water partition coefficient (Wildman–Crippen LogP) is 2.27. The Morgan fingerprint density at radius 2 is 1.33 bits per heavy atom. The van der Waals surface area contributed by atoms with Gasteiger partial charge in [0.2, 0.25) is 0 Å². The molecule has 0 spiro atoms. The van der Waals surface area contributed by atoms with Crippen LogP contribution in [0.15, 0.2) is 36.4 Å². The zero-order valence-electron chi connectivity index (χ0n) is 8.99. The summed E-state index contributed by atoms with van der Waals surface area (Å²) in [6.07, 6.45) is 0. The van der Waals surface area contributed by atoms with Crippen LogP contribution in [-0.2, 0) is 0 Å². The summed E-state index contributed by atoms with van der Waals surface area (Å²) in [6.45, 7) is 0. The molecule has 90 valence electrons. The second-order valence-electron chi connectivity index (χ2n) is 3.80. The average molecular weight is 250 g/mol. The van der Waals surface area contributed by atoms with Crippen molar-refractivity contribution in [2.45, 2.75) is 0 Å². The topological polar surface area (TPSA) is 18.5 Å². The van der Waals surface area contributed by atoms with Crippen LogP contribution in [0.3, 0.4) is 0 Å². The molecule has 1 heterocycles. The first kappa shape index (κ1) is 11.0. The number of fused-ring (bicyclic) bond motifs is 1. The summed E-state index contributed by atoms with van der Waals surface area (Å²) in [5.41, 5.74) is -0.176. The lowest BCUT2D eigenvalue weighted by Gasteiger charge is -2.06. The van der Waals surface area contributed by atoms with Gasteiger partial charge in [0.05, 0.1) is 5.46 Å². The van der Waals surface area contributed by atoms with Crippen LogP contribution in [0, 0.1) is 17.5 Å². The van der Waals surface area contributed by atoms with Crippen molar-refractivity contribution in [3.63, 3.8) is 0 Å². The van der Waals surface area contributed by atoms with Crippen LogP contribution in [-0.4, -0.2) is 7.12 Å². The number of hydrogen-bond donors (Lipinski definition) is 0. The highest BCUT2D eigenvalue weighted by Gasteiger charge is 2.37. The van der Waals surface area contributed by atoms with Gasteiger partial charge < -0.3 is 9.31 Å². The maximum absolute atomic E-state index is 13.5. The third kappa shape index (κ3) is 1.70. The maximum atomic E-state index is 13.5. The second kappa shape index (κ2) is 3.98. The molecule has 18 heavy (non-hydrogen) atoms. The Hall–Kier alpha value is -2.11. The van der Waals surface area contributed by atoms with E-state index >= 15 is 0 Å². The Kier molecular flexibility index (Phi) is 2.43. The fraction of sp³-hybridized carbons (Fsp3) is 0. The van der Waals surface area contributed by atoms with Crippen molar-refractivity contribution in [3.8, 4) is 11.5 Å². The van der Waals surface area contributed by atoms with E-state index in [1.54, 1.807) is 24.3 Å². The van der Waals surface area contributed by atoms with Gasteiger partial charge in [0, 0.05) is 6.07 Å². The summed E-state index contributed by atoms with van der Waals surface area (Å²) in [6, 6.07) is 7.96. The lowest BCUT2D eigenvalue weighted by atomic mass is 9.79. The van der Waals surface area contributed by atoms with Crippen molar-refractivity contribution in [3.05, 3.63) is 53.8 Å². The van der Waals surface area contributed by atoms with Crippen molar-refractivity contribution in [2.24, 2.45) is 0 Å². The van der Waals surface area contributed by atoms with E-state index in [-0.39, 0.29) is 5.46 Å². The average Bonchev–Trinajstić information content (AvgIpc) is 2.77. The molecule has 0 fully saturated rings. The quantitative estimate of drug-likeness (QED) is 0.571. The Morgan fingerprint density at radius 1 is 0.778 bits per heavy atom. The zero-order valence-corrected chi connectivity index (χ0v) is 8.99.